The summed E-state index contributed by atoms with van der Waals surface area (Å²) in [5.74, 6) is 1.14. The van der Waals surface area contributed by atoms with Gasteiger partial charge in [0.25, 0.3) is 5.91 Å². The summed E-state index contributed by atoms with van der Waals surface area (Å²) in [4.78, 5) is 16.0. The number of phenolic OH excluding ortho intramolecular Hbond substituents is 1. The van der Waals surface area contributed by atoms with E-state index in [1.165, 1.54) is 4.90 Å². The summed E-state index contributed by atoms with van der Waals surface area (Å²) in [5, 5.41) is 13.1. The Morgan fingerprint density at radius 2 is 1.85 bits per heavy atom. The molecule has 27 heavy (non-hydrogen) atoms. The number of anilines is 1. The number of carbonyl (C=O) groups is 1. The van der Waals surface area contributed by atoms with Gasteiger partial charge in [-0.1, -0.05) is 30.3 Å². The lowest BCUT2D eigenvalue weighted by molar-refractivity contribution is -0.914. The Morgan fingerprint density at radius 1 is 1.19 bits per heavy atom. The average molecular weight is 370 g/mol. The van der Waals surface area contributed by atoms with Crippen molar-refractivity contribution >= 4 is 11.6 Å². The number of amides is 1. The molecule has 0 bridgehead atoms. The molecule has 2 aromatic carbocycles. The first-order valence-electron chi connectivity index (χ1n) is 9.37. The van der Waals surface area contributed by atoms with Crippen molar-refractivity contribution in [3.63, 3.8) is 0 Å². The van der Waals surface area contributed by atoms with Crippen LogP contribution in [0.25, 0.3) is 0 Å². The van der Waals surface area contributed by atoms with Gasteiger partial charge in [-0.2, -0.15) is 0 Å². The maximum atomic E-state index is 12.6. The molecule has 1 heterocycles. The van der Waals surface area contributed by atoms with Crippen LogP contribution in [-0.4, -0.2) is 50.3 Å². The first kappa shape index (κ1) is 19.0. The van der Waals surface area contributed by atoms with E-state index in [4.69, 9.17) is 4.74 Å². The number of ether oxygens (including phenoxy) is 1. The van der Waals surface area contributed by atoms with Gasteiger partial charge in [-0.15, -0.1) is 0 Å². The maximum absolute atomic E-state index is 12.6. The minimum absolute atomic E-state index is 0.0481. The highest BCUT2D eigenvalue weighted by Crippen LogP contribution is 2.26. The van der Waals surface area contributed by atoms with Crippen LogP contribution < -0.4 is 19.9 Å². The van der Waals surface area contributed by atoms with Crippen molar-refractivity contribution in [3.8, 4) is 11.5 Å². The number of para-hydroxylation sites is 3. The van der Waals surface area contributed by atoms with E-state index in [-0.39, 0.29) is 11.9 Å². The summed E-state index contributed by atoms with van der Waals surface area (Å²) in [7, 11) is 1.64. The molecule has 0 unspecified atom stereocenters. The molecule has 6 heteroatoms. The van der Waals surface area contributed by atoms with Gasteiger partial charge in [0.1, 0.15) is 11.5 Å². The quantitative estimate of drug-likeness (QED) is 0.704. The Hall–Kier alpha value is -2.73. The van der Waals surface area contributed by atoms with Gasteiger partial charge < -0.3 is 25.0 Å². The van der Waals surface area contributed by atoms with Gasteiger partial charge in [-0.05, 0) is 25.1 Å². The van der Waals surface area contributed by atoms with E-state index >= 15 is 0 Å². The number of aromatic hydroxyl groups is 1. The van der Waals surface area contributed by atoms with Crippen LogP contribution in [0.4, 0.5) is 5.69 Å². The van der Waals surface area contributed by atoms with E-state index in [2.05, 4.69) is 10.2 Å². The van der Waals surface area contributed by atoms with E-state index in [0.717, 1.165) is 43.2 Å². The Morgan fingerprint density at radius 3 is 2.56 bits per heavy atom. The number of phenols is 1. The standard InChI is InChI=1S/C21H27N3O3/c1-16(21(26)22-15-17-7-3-6-10-20(17)27-2)23-11-13-24(14-12-23)18-8-4-5-9-19(18)25/h3-10,16,25H,11-15H2,1-2H3,(H,22,26)/p+1/t16-/m1/s1. The predicted octanol–water partition coefficient (Wildman–Crippen LogP) is 0.811. The fourth-order valence-corrected chi connectivity index (χ4v) is 3.57. The number of benzene rings is 2. The van der Waals surface area contributed by atoms with Crippen LogP contribution in [0.3, 0.4) is 0 Å². The van der Waals surface area contributed by atoms with Gasteiger partial charge >= 0.3 is 0 Å². The van der Waals surface area contributed by atoms with Gasteiger partial charge in [0.15, 0.2) is 6.04 Å². The highest BCUT2D eigenvalue weighted by molar-refractivity contribution is 5.80. The Bertz CT molecular complexity index is 773. The number of quaternary nitrogens is 1. The molecule has 0 saturated carbocycles. The Labute approximate surface area is 160 Å². The molecule has 1 amide bonds. The molecule has 0 spiro atoms. The number of nitrogens with one attached hydrogen (secondary N) is 2. The monoisotopic (exact) mass is 370 g/mol. The van der Waals surface area contributed by atoms with Gasteiger partial charge in [0.05, 0.1) is 39.0 Å². The van der Waals surface area contributed by atoms with Gasteiger partial charge in [0.2, 0.25) is 0 Å². The third-order valence-electron chi connectivity index (χ3n) is 5.28. The topological polar surface area (TPSA) is 66.2 Å². The molecule has 1 atom stereocenters. The fourth-order valence-electron chi connectivity index (χ4n) is 3.57. The lowest BCUT2D eigenvalue weighted by Gasteiger charge is -2.36. The molecule has 3 rings (SSSR count). The van der Waals surface area contributed by atoms with Crippen molar-refractivity contribution in [2.75, 3.05) is 38.2 Å². The summed E-state index contributed by atoms with van der Waals surface area (Å²) < 4.78 is 5.34. The smallest absolute Gasteiger partial charge is 0.278 e. The number of hydrogen-bond acceptors (Lipinski definition) is 4. The number of hydrogen-bond donors (Lipinski definition) is 3. The molecule has 1 aliphatic heterocycles. The van der Waals surface area contributed by atoms with Crippen LogP contribution in [0.15, 0.2) is 48.5 Å². The van der Waals surface area contributed by atoms with E-state index in [1.54, 1.807) is 13.2 Å². The highest BCUT2D eigenvalue weighted by Gasteiger charge is 2.29. The van der Waals surface area contributed by atoms with Gasteiger partial charge in [-0.25, -0.2) is 0 Å². The molecule has 144 valence electrons. The van der Waals surface area contributed by atoms with Crippen molar-refractivity contribution in [1.29, 1.82) is 0 Å². The largest absolute Gasteiger partial charge is 0.506 e. The number of carbonyl (C=O) groups excluding carboxylic acids is 1. The lowest BCUT2D eigenvalue weighted by atomic mass is 10.1. The van der Waals surface area contributed by atoms with Crippen molar-refractivity contribution < 1.29 is 19.5 Å². The van der Waals surface area contributed by atoms with Crippen molar-refractivity contribution in [2.45, 2.75) is 19.5 Å². The molecular formula is C21H28N3O3+. The highest BCUT2D eigenvalue weighted by atomic mass is 16.5. The maximum Gasteiger partial charge on any atom is 0.278 e. The number of rotatable bonds is 6. The van der Waals surface area contributed by atoms with Gasteiger partial charge in [-0.3, -0.25) is 4.79 Å². The second-order valence-corrected chi connectivity index (χ2v) is 6.89. The summed E-state index contributed by atoms with van der Waals surface area (Å²) in [5.41, 5.74) is 1.84. The number of methoxy groups -OCH3 is 1. The second-order valence-electron chi connectivity index (χ2n) is 6.89. The van der Waals surface area contributed by atoms with Crippen molar-refractivity contribution in [2.24, 2.45) is 0 Å². The molecule has 3 N–H and O–H groups in total. The van der Waals surface area contributed by atoms with Crippen LogP contribution in [-0.2, 0) is 11.3 Å². The molecule has 0 aliphatic carbocycles. The summed E-state index contributed by atoms with van der Waals surface area (Å²) in [6, 6.07) is 15.0. The molecule has 2 aromatic rings. The zero-order valence-electron chi connectivity index (χ0n) is 15.9. The van der Waals surface area contributed by atoms with E-state index < -0.39 is 0 Å². The molecule has 0 aromatic heterocycles. The number of nitrogens with zero attached hydrogens (tertiary/aromatic N) is 1. The summed E-state index contributed by atoms with van der Waals surface area (Å²) >= 11 is 0. The van der Waals surface area contributed by atoms with Crippen molar-refractivity contribution in [1.82, 2.24) is 5.32 Å². The second kappa shape index (κ2) is 8.77. The normalized spacial score (nSPS) is 16.0. The minimum Gasteiger partial charge on any atom is -0.506 e. The molecular weight excluding hydrogens is 342 g/mol. The Balaban J connectivity index is 1.52. The molecule has 1 fully saturated rings. The molecule has 1 aliphatic rings. The molecule has 1 saturated heterocycles. The lowest BCUT2D eigenvalue weighted by Crippen LogP contribution is -3.19. The molecule has 6 nitrogen and oxygen atoms in total. The first-order chi connectivity index (χ1) is 13.1. The van der Waals surface area contributed by atoms with Crippen LogP contribution in [0.1, 0.15) is 12.5 Å². The molecule has 0 radical (unpaired) electrons. The SMILES string of the molecule is COc1ccccc1CNC(=O)[C@@H](C)[NH+]1CCN(c2ccccc2O)CC1. The van der Waals surface area contributed by atoms with Crippen LogP contribution >= 0.6 is 0 Å². The van der Waals surface area contributed by atoms with E-state index in [9.17, 15) is 9.90 Å². The zero-order valence-corrected chi connectivity index (χ0v) is 15.9. The van der Waals surface area contributed by atoms with E-state index in [1.807, 2.05) is 49.4 Å². The van der Waals surface area contributed by atoms with E-state index in [0.29, 0.717) is 12.3 Å². The van der Waals surface area contributed by atoms with Crippen LogP contribution in [0.2, 0.25) is 0 Å². The minimum atomic E-state index is -0.119. The van der Waals surface area contributed by atoms with Crippen LogP contribution in [0.5, 0.6) is 11.5 Å². The fraction of sp³-hybridized carbons (Fsp3) is 0.381. The third kappa shape index (κ3) is 4.52. The third-order valence-corrected chi connectivity index (χ3v) is 5.28. The zero-order chi connectivity index (χ0) is 19.2. The summed E-state index contributed by atoms with van der Waals surface area (Å²) in [6.45, 7) is 5.79. The predicted molar refractivity (Wildman–Crippen MR) is 105 cm³/mol. The summed E-state index contributed by atoms with van der Waals surface area (Å²) in [6.07, 6.45) is 0. The Kier molecular flexibility index (Phi) is 6.19. The first-order valence-corrected chi connectivity index (χ1v) is 9.37. The van der Waals surface area contributed by atoms with Crippen molar-refractivity contribution in [3.05, 3.63) is 54.1 Å². The van der Waals surface area contributed by atoms with Crippen LogP contribution in [0, 0.1) is 0 Å². The number of piperazine rings is 1. The average Bonchev–Trinajstić information content (AvgIpc) is 2.72. The van der Waals surface area contributed by atoms with Gasteiger partial charge in [0, 0.05) is 12.1 Å².